The van der Waals surface area contributed by atoms with Crippen LogP contribution in [0.2, 0.25) is 0 Å². The minimum atomic E-state index is 0. The number of para-hydroxylation sites is 1. The van der Waals surface area contributed by atoms with Gasteiger partial charge >= 0.3 is 0 Å². The van der Waals surface area contributed by atoms with E-state index in [0.717, 1.165) is 36.9 Å². The molecule has 0 bridgehead atoms. The molecule has 0 saturated heterocycles. The molecule has 0 aliphatic heterocycles. The number of nitrogens with zero attached hydrogens (tertiary/aromatic N) is 3. The van der Waals surface area contributed by atoms with Crippen LogP contribution < -0.4 is 10.6 Å². The number of hydrogen-bond acceptors (Lipinski definition) is 3. The average Bonchev–Trinajstić information content (AvgIpc) is 3.04. The van der Waals surface area contributed by atoms with E-state index in [1.165, 1.54) is 0 Å². The number of guanidine groups is 1. The van der Waals surface area contributed by atoms with Gasteiger partial charge in [0.2, 0.25) is 0 Å². The molecule has 1 aromatic carbocycles. The second-order valence-electron chi connectivity index (χ2n) is 4.79. The van der Waals surface area contributed by atoms with Gasteiger partial charge in [-0.05, 0) is 24.6 Å². The van der Waals surface area contributed by atoms with Crippen molar-refractivity contribution >= 4 is 29.9 Å². The van der Waals surface area contributed by atoms with Gasteiger partial charge in [-0.25, -0.2) is 4.68 Å². The lowest BCUT2D eigenvalue weighted by molar-refractivity contribution is 0.195. The van der Waals surface area contributed by atoms with Crippen LogP contribution in [-0.4, -0.2) is 43.0 Å². The molecule has 0 atom stereocenters. The molecule has 0 aliphatic rings. The molecule has 0 unspecified atom stereocenters. The Hall–Kier alpha value is -1.61. The largest absolute Gasteiger partial charge is 0.385 e. The average molecular weight is 429 g/mol. The van der Waals surface area contributed by atoms with Crippen molar-refractivity contribution in [2.75, 3.05) is 27.3 Å². The van der Waals surface area contributed by atoms with Gasteiger partial charge in [-0.15, -0.1) is 24.0 Å². The molecule has 2 N–H and O–H groups in total. The minimum Gasteiger partial charge on any atom is -0.385 e. The smallest absolute Gasteiger partial charge is 0.191 e. The Labute approximate surface area is 154 Å². The quantitative estimate of drug-likeness (QED) is 0.307. The van der Waals surface area contributed by atoms with Crippen LogP contribution in [-0.2, 0) is 11.3 Å². The Morgan fingerprint density at radius 2 is 2.00 bits per heavy atom. The molecule has 0 saturated carbocycles. The highest BCUT2D eigenvalue weighted by Crippen LogP contribution is 2.06. The fourth-order valence-corrected chi connectivity index (χ4v) is 2.00. The number of halogens is 1. The van der Waals surface area contributed by atoms with Crippen molar-refractivity contribution in [3.63, 3.8) is 0 Å². The lowest BCUT2D eigenvalue weighted by Gasteiger charge is -2.10. The van der Waals surface area contributed by atoms with Gasteiger partial charge < -0.3 is 15.4 Å². The van der Waals surface area contributed by atoms with Gasteiger partial charge in [-0.2, -0.15) is 5.10 Å². The van der Waals surface area contributed by atoms with Gasteiger partial charge in [-0.1, -0.05) is 18.2 Å². The number of aliphatic imine (C=N–C) groups is 1. The summed E-state index contributed by atoms with van der Waals surface area (Å²) < 4.78 is 6.89. The van der Waals surface area contributed by atoms with Gasteiger partial charge in [0.05, 0.1) is 17.9 Å². The molecule has 7 heteroatoms. The highest BCUT2D eigenvalue weighted by atomic mass is 127. The van der Waals surface area contributed by atoms with E-state index in [0.29, 0.717) is 6.54 Å². The summed E-state index contributed by atoms with van der Waals surface area (Å²) in [5.74, 6) is 0.769. The zero-order valence-electron chi connectivity index (χ0n) is 13.5. The molecular formula is C16H24IN5O. The number of ether oxygens (including phenoxy) is 1. The lowest BCUT2D eigenvalue weighted by atomic mass is 10.3. The van der Waals surface area contributed by atoms with Crippen molar-refractivity contribution < 1.29 is 4.74 Å². The normalized spacial score (nSPS) is 11.0. The molecule has 2 rings (SSSR count). The van der Waals surface area contributed by atoms with Crippen LogP contribution >= 0.6 is 24.0 Å². The van der Waals surface area contributed by atoms with Gasteiger partial charge in [0.25, 0.3) is 0 Å². The number of nitrogens with one attached hydrogen (secondary N) is 2. The van der Waals surface area contributed by atoms with Crippen LogP contribution in [0.3, 0.4) is 0 Å². The third-order valence-electron chi connectivity index (χ3n) is 3.14. The molecule has 0 spiro atoms. The van der Waals surface area contributed by atoms with Crippen molar-refractivity contribution in [3.8, 4) is 5.69 Å². The van der Waals surface area contributed by atoms with Crippen LogP contribution in [0, 0.1) is 0 Å². The summed E-state index contributed by atoms with van der Waals surface area (Å²) in [5.41, 5.74) is 2.01. The number of aromatic nitrogens is 2. The van der Waals surface area contributed by atoms with Crippen LogP contribution in [0.15, 0.2) is 47.6 Å². The zero-order valence-corrected chi connectivity index (χ0v) is 15.9. The Kier molecular flexibility index (Phi) is 9.30. The summed E-state index contributed by atoms with van der Waals surface area (Å²) in [5, 5.41) is 11.0. The van der Waals surface area contributed by atoms with Gasteiger partial charge in [0.15, 0.2) is 5.96 Å². The maximum atomic E-state index is 5.02. The van der Waals surface area contributed by atoms with E-state index in [1.807, 2.05) is 47.3 Å². The number of methoxy groups -OCH3 is 1. The second kappa shape index (κ2) is 11.0. The van der Waals surface area contributed by atoms with E-state index < -0.39 is 0 Å². The molecule has 0 radical (unpaired) electrons. The van der Waals surface area contributed by atoms with Crippen LogP contribution in [0.4, 0.5) is 0 Å². The summed E-state index contributed by atoms with van der Waals surface area (Å²) in [6.45, 7) is 2.20. The first kappa shape index (κ1) is 19.4. The Morgan fingerprint density at radius 1 is 1.22 bits per heavy atom. The van der Waals surface area contributed by atoms with E-state index in [1.54, 1.807) is 14.2 Å². The van der Waals surface area contributed by atoms with Crippen molar-refractivity contribution in [3.05, 3.63) is 48.3 Å². The molecule has 23 heavy (non-hydrogen) atoms. The number of benzene rings is 1. The van der Waals surface area contributed by atoms with Crippen LogP contribution in [0.5, 0.6) is 0 Å². The first-order valence-electron chi connectivity index (χ1n) is 7.37. The van der Waals surface area contributed by atoms with E-state index in [4.69, 9.17) is 4.74 Å². The maximum absolute atomic E-state index is 5.02. The summed E-state index contributed by atoms with van der Waals surface area (Å²) in [6.07, 6.45) is 2.90. The Bertz CT molecular complexity index is 585. The van der Waals surface area contributed by atoms with Crippen molar-refractivity contribution in [1.29, 1.82) is 0 Å². The van der Waals surface area contributed by atoms with E-state index in [-0.39, 0.29) is 24.0 Å². The summed E-state index contributed by atoms with van der Waals surface area (Å²) in [6, 6.07) is 12.1. The maximum Gasteiger partial charge on any atom is 0.191 e. The van der Waals surface area contributed by atoms with Crippen LogP contribution in [0.25, 0.3) is 5.69 Å². The number of hydrogen-bond donors (Lipinski definition) is 2. The fourth-order valence-electron chi connectivity index (χ4n) is 2.00. The van der Waals surface area contributed by atoms with E-state index in [2.05, 4.69) is 20.7 Å². The molecule has 1 aromatic heterocycles. The third kappa shape index (κ3) is 6.57. The highest BCUT2D eigenvalue weighted by Gasteiger charge is 2.02. The second-order valence-corrected chi connectivity index (χ2v) is 4.79. The predicted molar refractivity (Wildman–Crippen MR) is 104 cm³/mol. The van der Waals surface area contributed by atoms with Gasteiger partial charge in [0, 0.05) is 33.5 Å². The summed E-state index contributed by atoms with van der Waals surface area (Å²) >= 11 is 0. The van der Waals surface area contributed by atoms with E-state index in [9.17, 15) is 0 Å². The molecule has 1 heterocycles. The first-order valence-corrected chi connectivity index (χ1v) is 7.37. The molecule has 0 aliphatic carbocycles. The molecule has 6 nitrogen and oxygen atoms in total. The molecule has 0 amide bonds. The SMILES string of the molecule is CN=C(NCCCOC)NCc1ccn(-c2ccccc2)n1.I. The third-order valence-corrected chi connectivity index (χ3v) is 3.14. The fraction of sp³-hybridized carbons (Fsp3) is 0.375. The van der Waals surface area contributed by atoms with Crippen LogP contribution in [0.1, 0.15) is 12.1 Å². The topological polar surface area (TPSA) is 63.5 Å². The lowest BCUT2D eigenvalue weighted by Crippen LogP contribution is -2.37. The van der Waals surface area contributed by atoms with Gasteiger partial charge in [0.1, 0.15) is 0 Å². The molecule has 2 aromatic rings. The van der Waals surface area contributed by atoms with E-state index >= 15 is 0 Å². The predicted octanol–water partition coefficient (Wildman–Crippen LogP) is 2.19. The molecule has 126 valence electrons. The monoisotopic (exact) mass is 429 g/mol. The minimum absolute atomic E-state index is 0. The zero-order chi connectivity index (χ0) is 15.6. The van der Waals surface area contributed by atoms with Crippen molar-refractivity contribution in [2.45, 2.75) is 13.0 Å². The first-order chi connectivity index (χ1) is 10.8. The Morgan fingerprint density at radius 3 is 2.70 bits per heavy atom. The number of rotatable bonds is 7. The van der Waals surface area contributed by atoms with Gasteiger partial charge in [-0.3, -0.25) is 4.99 Å². The molecular weight excluding hydrogens is 405 g/mol. The summed E-state index contributed by atoms with van der Waals surface area (Å²) in [4.78, 5) is 4.18. The van der Waals surface area contributed by atoms with Crippen molar-refractivity contribution in [1.82, 2.24) is 20.4 Å². The highest BCUT2D eigenvalue weighted by molar-refractivity contribution is 14.0. The Balaban J connectivity index is 0.00000264. The molecule has 0 fully saturated rings. The standard InChI is InChI=1S/C16H23N5O.HI/c1-17-16(18-10-6-12-22-2)19-13-14-9-11-21(20-14)15-7-4-3-5-8-15;/h3-5,7-9,11H,6,10,12-13H2,1-2H3,(H2,17,18,19);1H. The van der Waals surface area contributed by atoms with Crippen molar-refractivity contribution in [2.24, 2.45) is 4.99 Å². The summed E-state index contributed by atoms with van der Waals surface area (Å²) in [7, 11) is 3.46.